The maximum absolute atomic E-state index is 11.4. The summed E-state index contributed by atoms with van der Waals surface area (Å²) >= 11 is 6.08. The van der Waals surface area contributed by atoms with Gasteiger partial charge in [0.05, 0.1) is 13.1 Å². The summed E-state index contributed by atoms with van der Waals surface area (Å²) in [5.41, 5.74) is 0. The van der Waals surface area contributed by atoms with E-state index in [2.05, 4.69) is 21.5 Å². The quantitative estimate of drug-likeness (QED) is 0.662. The zero-order valence-corrected chi connectivity index (χ0v) is 10.9. The number of halogens is 1. The van der Waals surface area contributed by atoms with Gasteiger partial charge in [0.25, 0.3) is 0 Å². The van der Waals surface area contributed by atoms with Crippen LogP contribution in [0.3, 0.4) is 0 Å². The van der Waals surface area contributed by atoms with Gasteiger partial charge in [0.1, 0.15) is 11.0 Å². The van der Waals surface area contributed by atoms with E-state index in [1.54, 1.807) is 0 Å². The summed E-state index contributed by atoms with van der Waals surface area (Å²) in [7, 11) is 0. The van der Waals surface area contributed by atoms with Crippen LogP contribution in [0.25, 0.3) is 10.8 Å². The Labute approximate surface area is 116 Å². The molecule has 1 amide bonds. The first kappa shape index (κ1) is 13.2. The molecule has 0 radical (unpaired) electrons. The third-order valence-electron chi connectivity index (χ3n) is 2.51. The van der Waals surface area contributed by atoms with E-state index >= 15 is 0 Å². The largest absolute Gasteiger partial charge is 0.361 e. The van der Waals surface area contributed by atoms with Crippen LogP contribution in [0.5, 0.6) is 0 Å². The Bertz CT molecular complexity index is 649. The highest BCUT2D eigenvalue weighted by Gasteiger charge is 2.05. The first-order valence-corrected chi connectivity index (χ1v) is 6.08. The normalized spacial score (nSPS) is 9.89. The number of anilines is 1. The number of aromatic nitrogens is 1. The molecule has 5 heteroatoms. The summed E-state index contributed by atoms with van der Waals surface area (Å²) in [5, 5.41) is 7.72. The lowest BCUT2D eigenvalue weighted by molar-refractivity contribution is -0.119. The van der Waals surface area contributed by atoms with Crippen molar-refractivity contribution in [2.24, 2.45) is 0 Å². The summed E-state index contributed by atoms with van der Waals surface area (Å²) in [6.45, 7) is 0.315. The molecule has 0 saturated carbocycles. The summed E-state index contributed by atoms with van der Waals surface area (Å²) in [4.78, 5) is 15.6. The van der Waals surface area contributed by atoms with Crippen LogP contribution in [0.1, 0.15) is 0 Å². The highest BCUT2D eigenvalue weighted by Crippen LogP contribution is 2.24. The molecule has 0 aliphatic carbocycles. The van der Waals surface area contributed by atoms with Crippen molar-refractivity contribution in [3.8, 4) is 12.3 Å². The van der Waals surface area contributed by atoms with E-state index in [9.17, 15) is 4.79 Å². The molecule has 2 aromatic rings. The maximum Gasteiger partial charge on any atom is 0.240 e. The van der Waals surface area contributed by atoms with Crippen molar-refractivity contribution in [1.29, 1.82) is 0 Å². The minimum Gasteiger partial charge on any atom is -0.361 e. The van der Waals surface area contributed by atoms with Gasteiger partial charge in [0.2, 0.25) is 5.91 Å². The third-order valence-corrected chi connectivity index (χ3v) is 2.80. The van der Waals surface area contributed by atoms with Gasteiger partial charge >= 0.3 is 0 Å². The van der Waals surface area contributed by atoms with Gasteiger partial charge in [-0.3, -0.25) is 4.79 Å². The van der Waals surface area contributed by atoms with Crippen molar-refractivity contribution in [3.63, 3.8) is 0 Å². The molecule has 1 aromatic heterocycles. The van der Waals surface area contributed by atoms with Crippen molar-refractivity contribution in [3.05, 3.63) is 35.5 Å². The third kappa shape index (κ3) is 3.36. The van der Waals surface area contributed by atoms with Crippen LogP contribution < -0.4 is 10.6 Å². The van der Waals surface area contributed by atoms with Gasteiger partial charge in [-0.15, -0.1) is 6.42 Å². The van der Waals surface area contributed by atoms with E-state index in [0.717, 1.165) is 10.8 Å². The van der Waals surface area contributed by atoms with Crippen LogP contribution in [0.2, 0.25) is 5.15 Å². The fourth-order valence-electron chi connectivity index (χ4n) is 1.63. The fourth-order valence-corrected chi connectivity index (χ4v) is 1.89. The summed E-state index contributed by atoms with van der Waals surface area (Å²) in [5.74, 6) is 2.70. The lowest BCUT2D eigenvalue weighted by Crippen LogP contribution is -2.30. The number of benzene rings is 1. The zero-order valence-electron chi connectivity index (χ0n) is 10.1. The lowest BCUT2D eigenvalue weighted by atomic mass is 10.2. The minimum atomic E-state index is -0.191. The van der Waals surface area contributed by atoms with Crippen molar-refractivity contribution >= 4 is 34.1 Å². The van der Waals surface area contributed by atoms with Gasteiger partial charge in [-0.1, -0.05) is 41.8 Å². The second-order valence-corrected chi connectivity index (χ2v) is 4.21. The van der Waals surface area contributed by atoms with Crippen LogP contribution in [0.4, 0.5) is 5.82 Å². The molecule has 19 heavy (non-hydrogen) atoms. The molecule has 96 valence electrons. The van der Waals surface area contributed by atoms with Gasteiger partial charge in [-0.2, -0.15) is 0 Å². The molecule has 1 heterocycles. The molecular weight excluding hydrogens is 262 g/mol. The molecule has 0 atom stereocenters. The van der Waals surface area contributed by atoms with Gasteiger partial charge in [-0.05, 0) is 11.5 Å². The van der Waals surface area contributed by atoms with Gasteiger partial charge in [-0.25, -0.2) is 4.98 Å². The molecule has 1 aromatic carbocycles. The molecule has 0 bridgehead atoms. The monoisotopic (exact) mass is 273 g/mol. The minimum absolute atomic E-state index is 0.101. The number of amides is 1. The fraction of sp³-hybridized carbons (Fsp3) is 0.143. The van der Waals surface area contributed by atoms with Crippen LogP contribution in [0.15, 0.2) is 30.3 Å². The van der Waals surface area contributed by atoms with E-state index in [-0.39, 0.29) is 19.0 Å². The predicted octanol–water partition coefficient (Wildman–Crippen LogP) is 2.05. The number of terminal acetylenes is 1. The number of pyridine rings is 1. The molecule has 0 aliphatic rings. The Hall–Kier alpha value is -2.25. The first-order chi connectivity index (χ1) is 9.20. The van der Waals surface area contributed by atoms with Crippen molar-refractivity contribution in [2.45, 2.75) is 0 Å². The Morgan fingerprint density at radius 3 is 3.00 bits per heavy atom. The number of nitrogens with zero attached hydrogens (tertiary/aromatic N) is 1. The van der Waals surface area contributed by atoms with Gasteiger partial charge in [0.15, 0.2) is 0 Å². The number of hydrogen-bond acceptors (Lipinski definition) is 3. The number of fused-ring (bicyclic) bond motifs is 1. The predicted molar refractivity (Wildman–Crippen MR) is 77.1 cm³/mol. The van der Waals surface area contributed by atoms with Gasteiger partial charge in [0, 0.05) is 5.39 Å². The molecular formula is C14H12ClN3O. The van der Waals surface area contributed by atoms with Crippen LogP contribution >= 0.6 is 11.6 Å². The average molecular weight is 274 g/mol. The summed E-state index contributed by atoms with van der Waals surface area (Å²) in [6.07, 6.45) is 5.05. The standard InChI is InChI=1S/C14H12ClN3O/c1-2-7-16-13(19)9-17-12-8-10-5-3-4-6-11(10)14(15)18-12/h1,3-6,8H,7,9H2,(H,16,19)(H,17,18). The number of hydrogen-bond donors (Lipinski definition) is 2. The second kappa shape index (κ2) is 6.07. The molecule has 2 N–H and O–H groups in total. The van der Waals surface area contributed by atoms with Crippen molar-refractivity contribution in [1.82, 2.24) is 10.3 Å². The zero-order chi connectivity index (χ0) is 13.7. The number of carbonyl (C=O) groups is 1. The Kier molecular flexibility index (Phi) is 4.22. The number of carbonyl (C=O) groups excluding carboxylic acids is 1. The average Bonchev–Trinajstić information content (AvgIpc) is 2.43. The van der Waals surface area contributed by atoms with Crippen molar-refractivity contribution < 1.29 is 4.79 Å². The lowest BCUT2D eigenvalue weighted by Gasteiger charge is -2.07. The van der Waals surface area contributed by atoms with E-state index in [4.69, 9.17) is 18.0 Å². The molecule has 0 fully saturated rings. The van der Waals surface area contributed by atoms with Crippen LogP contribution in [0, 0.1) is 12.3 Å². The molecule has 0 spiro atoms. The number of rotatable bonds is 4. The second-order valence-electron chi connectivity index (χ2n) is 3.85. The first-order valence-electron chi connectivity index (χ1n) is 5.70. The van der Waals surface area contributed by atoms with Crippen molar-refractivity contribution in [2.75, 3.05) is 18.4 Å². The summed E-state index contributed by atoms with van der Waals surface area (Å²) in [6, 6.07) is 9.49. The molecule has 0 unspecified atom stereocenters. The maximum atomic E-state index is 11.4. The Balaban J connectivity index is 2.09. The number of nitrogens with one attached hydrogen (secondary N) is 2. The molecule has 0 aliphatic heterocycles. The van der Waals surface area contributed by atoms with E-state index in [1.807, 2.05) is 30.3 Å². The Morgan fingerprint density at radius 2 is 2.21 bits per heavy atom. The molecule has 0 saturated heterocycles. The van der Waals surface area contributed by atoms with E-state index in [1.165, 1.54) is 0 Å². The van der Waals surface area contributed by atoms with E-state index in [0.29, 0.717) is 11.0 Å². The Morgan fingerprint density at radius 1 is 1.42 bits per heavy atom. The van der Waals surface area contributed by atoms with Gasteiger partial charge < -0.3 is 10.6 Å². The molecule has 2 rings (SSSR count). The van der Waals surface area contributed by atoms with Crippen LogP contribution in [-0.4, -0.2) is 24.0 Å². The highest BCUT2D eigenvalue weighted by molar-refractivity contribution is 6.34. The topological polar surface area (TPSA) is 54.0 Å². The molecule has 4 nitrogen and oxygen atoms in total. The SMILES string of the molecule is C#CCNC(=O)CNc1cc2ccccc2c(Cl)n1. The highest BCUT2D eigenvalue weighted by atomic mass is 35.5. The van der Waals surface area contributed by atoms with E-state index < -0.39 is 0 Å². The smallest absolute Gasteiger partial charge is 0.240 e. The van der Waals surface area contributed by atoms with Crippen LogP contribution in [-0.2, 0) is 4.79 Å². The summed E-state index contributed by atoms with van der Waals surface area (Å²) < 4.78 is 0.